The van der Waals surface area contributed by atoms with Crippen LogP contribution in [0.15, 0.2) is 132 Å². The Balaban J connectivity index is 1.54. The summed E-state index contributed by atoms with van der Waals surface area (Å²) in [7, 11) is -4.28. The second kappa shape index (κ2) is 11.0. The molecule has 4 amide bonds. The minimum atomic E-state index is -4.28. The molecule has 1 heterocycles. The number of anilines is 2. The Kier molecular flexibility index (Phi) is 7.09. The lowest BCUT2D eigenvalue weighted by atomic mass is 9.99. The third kappa shape index (κ3) is 5.18. The summed E-state index contributed by atoms with van der Waals surface area (Å²) in [4.78, 5) is 43.4. The van der Waals surface area contributed by atoms with Gasteiger partial charge < -0.3 is 4.18 Å². The van der Waals surface area contributed by atoms with Crippen LogP contribution in [0.3, 0.4) is 0 Å². The Bertz CT molecular complexity index is 1960. The van der Waals surface area contributed by atoms with Gasteiger partial charge >= 0.3 is 16.1 Å². The molecule has 5 aromatic carbocycles. The fraction of sp³-hybridized carbons (Fsp3) is 0.0294. The van der Waals surface area contributed by atoms with Crippen molar-refractivity contribution in [3.05, 3.63) is 138 Å². The maximum atomic E-state index is 13.9. The summed E-state index contributed by atoms with van der Waals surface area (Å²) in [6, 6.07) is 32.2. The van der Waals surface area contributed by atoms with Crippen molar-refractivity contribution in [1.29, 1.82) is 0 Å². The Labute approximate surface area is 248 Å². The molecule has 5 aromatic rings. The fourth-order valence-corrected chi connectivity index (χ4v) is 5.80. The number of fused-ring (bicyclic) bond motifs is 1. The predicted octanol–water partition coefficient (Wildman–Crippen LogP) is 6.50. The summed E-state index contributed by atoms with van der Waals surface area (Å²) in [5.41, 5.74) is 1.27. The number of imide groups is 2. The van der Waals surface area contributed by atoms with E-state index in [0.29, 0.717) is 5.39 Å². The molecule has 0 unspecified atom stereocenters. The molecule has 43 heavy (non-hydrogen) atoms. The zero-order valence-electron chi connectivity index (χ0n) is 22.9. The first kappa shape index (κ1) is 27.6. The third-order valence-electron chi connectivity index (χ3n) is 7.01. The average Bonchev–Trinajstić information content (AvgIpc) is 3.01. The van der Waals surface area contributed by atoms with Crippen LogP contribution in [-0.2, 0) is 19.7 Å². The molecule has 212 valence electrons. The quantitative estimate of drug-likeness (QED) is 0.128. The second-order valence-electron chi connectivity index (χ2n) is 9.84. The van der Waals surface area contributed by atoms with Crippen molar-refractivity contribution in [1.82, 2.24) is 0 Å². The molecule has 1 fully saturated rings. The Morgan fingerprint density at radius 2 is 1.16 bits per heavy atom. The Morgan fingerprint density at radius 3 is 1.74 bits per heavy atom. The van der Waals surface area contributed by atoms with Gasteiger partial charge in [0.1, 0.15) is 10.5 Å². The van der Waals surface area contributed by atoms with E-state index < -0.39 is 28.0 Å². The first-order valence-electron chi connectivity index (χ1n) is 13.3. The van der Waals surface area contributed by atoms with Crippen LogP contribution in [0.1, 0.15) is 11.1 Å². The zero-order valence-corrected chi connectivity index (χ0v) is 23.7. The molecule has 1 aliphatic heterocycles. The number of benzene rings is 5. The van der Waals surface area contributed by atoms with Crippen molar-refractivity contribution in [2.24, 2.45) is 0 Å². The minimum Gasteiger partial charge on any atom is -0.378 e. The maximum Gasteiger partial charge on any atom is 0.343 e. The van der Waals surface area contributed by atoms with Crippen LogP contribution in [0.2, 0.25) is 0 Å². The van der Waals surface area contributed by atoms with Gasteiger partial charge in [0.15, 0.2) is 5.75 Å². The lowest BCUT2D eigenvalue weighted by Crippen LogP contribution is -2.57. The fourth-order valence-electron chi connectivity index (χ4n) is 4.85. The highest BCUT2D eigenvalue weighted by Crippen LogP contribution is 2.35. The number of urea groups is 1. The average molecular weight is 589 g/mol. The first-order valence-corrected chi connectivity index (χ1v) is 14.7. The summed E-state index contributed by atoms with van der Waals surface area (Å²) < 4.78 is 32.2. The van der Waals surface area contributed by atoms with Crippen molar-refractivity contribution in [3.63, 3.8) is 0 Å². The highest BCUT2D eigenvalue weighted by Gasteiger charge is 2.44. The van der Waals surface area contributed by atoms with Crippen LogP contribution in [0, 0.1) is 6.92 Å². The van der Waals surface area contributed by atoms with Crippen LogP contribution in [0.25, 0.3) is 16.8 Å². The molecule has 0 atom stereocenters. The number of rotatable bonds is 6. The van der Waals surface area contributed by atoms with E-state index in [1.807, 2.05) is 19.1 Å². The minimum absolute atomic E-state index is 0.0502. The van der Waals surface area contributed by atoms with E-state index in [9.17, 15) is 22.8 Å². The highest BCUT2D eigenvalue weighted by molar-refractivity contribution is 7.87. The number of carbonyl (C=O) groups is 3. The van der Waals surface area contributed by atoms with Gasteiger partial charge in [-0.3, -0.25) is 9.59 Å². The molecule has 0 radical (unpaired) electrons. The van der Waals surface area contributed by atoms with E-state index in [0.717, 1.165) is 20.7 Å². The number of barbiturate groups is 1. The van der Waals surface area contributed by atoms with Gasteiger partial charge in [0.25, 0.3) is 11.8 Å². The number of hydrogen-bond acceptors (Lipinski definition) is 6. The van der Waals surface area contributed by atoms with Gasteiger partial charge in [-0.05, 0) is 66.2 Å². The van der Waals surface area contributed by atoms with Crippen LogP contribution in [0.5, 0.6) is 5.75 Å². The molecule has 1 aliphatic rings. The Hall–Kier alpha value is -5.54. The molecule has 0 bridgehead atoms. The number of hydrogen-bond donors (Lipinski definition) is 0. The van der Waals surface area contributed by atoms with E-state index in [4.69, 9.17) is 4.18 Å². The summed E-state index contributed by atoms with van der Waals surface area (Å²) >= 11 is 0. The number of para-hydroxylation sites is 2. The largest absolute Gasteiger partial charge is 0.378 e. The third-order valence-corrected chi connectivity index (χ3v) is 8.26. The molecule has 8 nitrogen and oxygen atoms in total. The molecule has 1 saturated heterocycles. The normalized spacial score (nSPS) is 13.9. The van der Waals surface area contributed by atoms with Crippen molar-refractivity contribution >= 4 is 56.2 Å². The molecular formula is C34H24N2O6S. The van der Waals surface area contributed by atoms with Crippen LogP contribution >= 0.6 is 0 Å². The van der Waals surface area contributed by atoms with Gasteiger partial charge in [0.05, 0.1) is 11.4 Å². The van der Waals surface area contributed by atoms with Gasteiger partial charge in [-0.25, -0.2) is 14.6 Å². The monoisotopic (exact) mass is 588 g/mol. The lowest BCUT2D eigenvalue weighted by Gasteiger charge is -2.34. The van der Waals surface area contributed by atoms with E-state index >= 15 is 0 Å². The highest BCUT2D eigenvalue weighted by atomic mass is 32.2. The number of aryl methyl sites for hydroxylation is 1. The van der Waals surface area contributed by atoms with Gasteiger partial charge in [-0.1, -0.05) is 84.4 Å². The van der Waals surface area contributed by atoms with Crippen molar-refractivity contribution < 1.29 is 27.0 Å². The van der Waals surface area contributed by atoms with Gasteiger partial charge in [-0.2, -0.15) is 8.42 Å². The topological polar surface area (TPSA) is 101 Å². The molecule has 0 aliphatic carbocycles. The molecule has 6 rings (SSSR count). The summed E-state index contributed by atoms with van der Waals surface area (Å²) in [5, 5.41) is 1.27. The van der Waals surface area contributed by atoms with E-state index in [2.05, 4.69) is 0 Å². The molecule has 0 spiro atoms. The number of nitrogens with zero attached hydrogens (tertiary/aromatic N) is 2. The van der Waals surface area contributed by atoms with E-state index in [1.165, 1.54) is 24.3 Å². The SMILES string of the molecule is Cc1ccc(S(=O)(=O)Oc2ccc3ccccc3c2C=C2C(=O)N(c3ccccc3)C(=O)N(c3ccccc3)C2=O)cc1. The molecule has 0 N–H and O–H groups in total. The second-order valence-corrected chi connectivity index (χ2v) is 11.4. The standard InChI is InChI=1S/C34H24N2O6S/c1-23-16-19-27(20-17-23)43(40,41)42-31-21-18-24-10-8-9-15-28(24)29(31)22-30-32(37)35(25-11-4-2-5-12-25)34(39)36(33(30)38)26-13-6-3-7-14-26/h2-22H,1H3. The first-order chi connectivity index (χ1) is 20.7. The van der Waals surface area contributed by atoms with Crippen molar-refractivity contribution in [2.45, 2.75) is 11.8 Å². The van der Waals surface area contributed by atoms with Crippen LogP contribution in [0.4, 0.5) is 16.2 Å². The summed E-state index contributed by atoms with van der Waals surface area (Å²) in [5.74, 6) is -1.79. The molecule has 0 aromatic heterocycles. The van der Waals surface area contributed by atoms with Gasteiger partial charge in [0, 0.05) is 5.56 Å². The Morgan fingerprint density at radius 1 is 0.628 bits per heavy atom. The molecular weight excluding hydrogens is 564 g/mol. The number of carbonyl (C=O) groups excluding carboxylic acids is 3. The van der Waals surface area contributed by atoms with E-state index in [-0.39, 0.29) is 33.2 Å². The summed E-state index contributed by atoms with van der Waals surface area (Å²) in [6.45, 7) is 1.84. The molecule has 0 saturated carbocycles. The van der Waals surface area contributed by atoms with E-state index in [1.54, 1.807) is 91.0 Å². The predicted molar refractivity (Wildman–Crippen MR) is 164 cm³/mol. The van der Waals surface area contributed by atoms with Crippen LogP contribution in [-0.4, -0.2) is 26.3 Å². The van der Waals surface area contributed by atoms with Gasteiger partial charge in [0.2, 0.25) is 0 Å². The lowest BCUT2D eigenvalue weighted by molar-refractivity contribution is -0.121. The van der Waals surface area contributed by atoms with Crippen LogP contribution < -0.4 is 14.0 Å². The zero-order chi connectivity index (χ0) is 30.1. The van der Waals surface area contributed by atoms with Crippen molar-refractivity contribution in [2.75, 3.05) is 9.80 Å². The van der Waals surface area contributed by atoms with Gasteiger partial charge in [-0.15, -0.1) is 0 Å². The number of amides is 4. The smallest absolute Gasteiger partial charge is 0.343 e. The maximum absolute atomic E-state index is 13.9. The molecule has 9 heteroatoms. The van der Waals surface area contributed by atoms with Crippen molar-refractivity contribution in [3.8, 4) is 5.75 Å². The summed E-state index contributed by atoms with van der Waals surface area (Å²) in [6.07, 6.45) is 1.30.